The first-order chi connectivity index (χ1) is 8.63. The number of ether oxygens (including phenoxy) is 2. The van der Waals surface area contributed by atoms with Crippen LogP contribution in [-0.2, 0) is 9.47 Å². The summed E-state index contributed by atoms with van der Waals surface area (Å²) in [5.74, 6) is 0. The molecule has 2 rings (SSSR count). The SMILES string of the molecule is CO[C@H]1[C@H](O)[C@H](O)[C@H](C)O[C@@H]1Sc1ccccc1. The number of aliphatic hydroxyl groups excluding tert-OH is 2. The number of hydrogen-bond donors (Lipinski definition) is 2. The van der Waals surface area contributed by atoms with Crippen molar-refractivity contribution in [3.8, 4) is 0 Å². The highest BCUT2D eigenvalue weighted by molar-refractivity contribution is 7.99. The summed E-state index contributed by atoms with van der Waals surface area (Å²) in [6, 6.07) is 9.79. The minimum Gasteiger partial charge on any atom is -0.388 e. The van der Waals surface area contributed by atoms with Crippen LogP contribution in [0.2, 0.25) is 0 Å². The van der Waals surface area contributed by atoms with Gasteiger partial charge in [-0.2, -0.15) is 0 Å². The first-order valence-electron chi connectivity index (χ1n) is 5.89. The quantitative estimate of drug-likeness (QED) is 0.866. The Balaban J connectivity index is 2.10. The van der Waals surface area contributed by atoms with Crippen LogP contribution in [0.1, 0.15) is 6.92 Å². The van der Waals surface area contributed by atoms with Gasteiger partial charge in [-0.3, -0.25) is 0 Å². The van der Waals surface area contributed by atoms with Crippen LogP contribution in [0.25, 0.3) is 0 Å². The lowest BCUT2D eigenvalue weighted by atomic mass is 10.0. The molecule has 100 valence electrons. The molecule has 0 bridgehead atoms. The molecule has 1 saturated heterocycles. The van der Waals surface area contributed by atoms with Gasteiger partial charge in [-0.15, -0.1) is 0 Å². The van der Waals surface area contributed by atoms with Crippen LogP contribution in [0.15, 0.2) is 35.2 Å². The van der Waals surface area contributed by atoms with Gasteiger partial charge in [0, 0.05) is 12.0 Å². The highest BCUT2D eigenvalue weighted by Gasteiger charge is 2.43. The van der Waals surface area contributed by atoms with Crippen LogP contribution >= 0.6 is 11.8 Å². The van der Waals surface area contributed by atoms with E-state index in [1.807, 2.05) is 30.3 Å². The molecule has 1 aliphatic heterocycles. The molecule has 4 nitrogen and oxygen atoms in total. The highest BCUT2D eigenvalue weighted by atomic mass is 32.2. The molecule has 1 aromatic rings. The van der Waals surface area contributed by atoms with Crippen molar-refractivity contribution in [3.63, 3.8) is 0 Å². The van der Waals surface area contributed by atoms with E-state index >= 15 is 0 Å². The molecule has 0 spiro atoms. The predicted molar refractivity (Wildman–Crippen MR) is 69.4 cm³/mol. The van der Waals surface area contributed by atoms with Gasteiger partial charge in [0.15, 0.2) is 0 Å². The van der Waals surface area contributed by atoms with E-state index in [0.717, 1.165) is 4.90 Å². The summed E-state index contributed by atoms with van der Waals surface area (Å²) in [6.07, 6.45) is -2.79. The van der Waals surface area contributed by atoms with Crippen LogP contribution in [0.3, 0.4) is 0 Å². The molecular formula is C13H18O4S. The Labute approximate surface area is 111 Å². The van der Waals surface area contributed by atoms with Crippen LogP contribution in [0.4, 0.5) is 0 Å². The van der Waals surface area contributed by atoms with Crippen molar-refractivity contribution in [1.82, 2.24) is 0 Å². The third-order valence-corrected chi connectivity index (χ3v) is 4.21. The van der Waals surface area contributed by atoms with Crippen molar-refractivity contribution in [3.05, 3.63) is 30.3 Å². The minimum atomic E-state index is -0.931. The first-order valence-corrected chi connectivity index (χ1v) is 6.77. The number of benzene rings is 1. The number of thioether (sulfide) groups is 1. The third kappa shape index (κ3) is 2.87. The Morgan fingerprint density at radius 3 is 2.44 bits per heavy atom. The van der Waals surface area contributed by atoms with E-state index in [0.29, 0.717) is 0 Å². The number of rotatable bonds is 3. The molecule has 0 aliphatic carbocycles. The molecule has 18 heavy (non-hydrogen) atoms. The van der Waals surface area contributed by atoms with Gasteiger partial charge in [0.2, 0.25) is 0 Å². The zero-order chi connectivity index (χ0) is 13.1. The van der Waals surface area contributed by atoms with Crippen molar-refractivity contribution < 1.29 is 19.7 Å². The molecule has 2 N–H and O–H groups in total. The molecule has 0 radical (unpaired) electrons. The van der Waals surface area contributed by atoms with E-state index in [1.165, 1.54) is 18.9 Å². The van der Waals surface area contributed by atoms with Crippen molar-refractivity contribution in [2.75, 3.05) is 7.11 Å². The second kappa shape index (κ2) is 6.04. The normalized spacial score (nSPS) is 36.6. The minimum absolute atomic E-state index is 0.328. The number of hydrogen-bond acceptors (Lipinski definition) is 5. The lowest BCUT2D eigenvalue weighted by molar-refractivity contribution is -0.200. The van der Waals surface area contributed by atoms with Crippen molar-refractivity contribution in [2.24, 2.45) is 0 Å². The Kier molecular flexibility index (Phi) is 4.64. The molecule has 1 aromatic carbocycles. The average Bonchev–Trinajstić information content (AvgIpc) is 2.38. The number of aliphatic hydroxyl groups is 2. The first kappa shape index (κ1) is 13.8. The van der Waals surface area contributed by atoms with Crippen molar-refractivity contribution >= 4 is 11.8 Å². The molecule has 0 amide bonds. The van der Waals surface area contributed by atoms with Crippen LogP contribution in [0.5, 0.6) is 0 Å². The second-order valence-corrected chi connectivity index (χ2v) is 5.49. The van der Waals surface area contributed by atoms with E-state index in [-0.39, 0.29) is 5.44 Å². The topological polar surface area (TPSA) is 58.9 Å². The Bertz CT molecular complexity index is 373. The van der Waals surface area contributed by atoms with E-state index < -0.39 is 24.4 Å². The summed E-state index contributed by atoms with van der Waals surface area (Å²) in [5, 5.41) is 19.8. The summed E-state index contributed by atoms with van der Waals surface area (Å²) in [4.78, 5) is 1.04. The Morgan fingerprint density at radius 2 is 1.83 bits per heavy atom. The maximum Gasteiger partial charge on any atom is 0.136 e. The lowest BCUT2D eigenvalue weighted by Crippen LogP contribution is -2.56. The largest absolute Gasteiger partial charge is 0.388 e. The molecule has 5 atom stereocenters. The van der Waals surface area contributed by atoms with Crippen LogP contribution in [0, 0.1) is 0 Å². The molecule has 5 heteroatoms. The van der Waals surface area contributed by atoms with Gasteiger partial charge in [0.1, 0.15) is 23.7 Å². The molecule has 1 aliphatic rings. The van der Waals surface area contributed by atoms with Gasteiger partial charge in [-0.1, -0.05) is 30.0 Å². The predicted octanol–water partition coefficient (Wildman–Crippen LogP) is 1.26. The summed E-state index contributed by atoms with van der Waals surface area (Å²) in [5.41, 5.74) is -0.328. The van der Waals surface area contributed by atoms with E-state index in [2.05, 4.69) is 0 Å². The Hall–Kier alpha value is -0.590. The summed E-state index contributed by atoms with van der Waals surface area (Å²) >= 11 is 1.49. The fourth-order valence-electron chi connectivity index (χ4n) is 1.98. The van der Waals surface area contributed by atoms with Gasteiger partial charge in [-0.25, -0.2) is 0 Å². The molecule has 0 aromatic heterocycles. The second-order valence-electron chi connectivity index (χ2n) is 4.32. The summed E-state index contributed by atoms with van der Waals surface area (Å²) < 4.78 is 11.0. The standard InChI is InChI=1S/C13H18O4S/c1-8-10(14)11(15)12(16-2)13(17-8)18-9-6-4-3-5-7-9/h3-8,10-15H,1-2H3/t8-,10+,11+,12-,13+/m0/s1. The van der Waals surface area contributed by atoms with E-state index in [1.54, 1.807) is 6.92 Å². The molecule has 1 heterocycles. The summed E-state index contributed by atoms with van der Waals surface area (Å²) in [7, 11) is 1.51. The molecule has 0 saturated carbocycles. The van der Waals surface area contributed by atoms with Crippen molar-refractivity contribution in [1.29, 1.82) is 0 Å². The molecule has 0 unspecified atom stereocenters. The van der Waals surface area contributed by atoms with Crippen molar-refractivity contribution in [2.45, 2.75) is 41.7 Å². The fourth-order valence-corrected chi connectivity index (χ4v) is 3.20. The smallest absolute Gasteiger partial charge is 0.136 e. The Morgan fingerprint density at radius 1 is 1.17 bits per heavy atom. The maximum atomic E-state index is 9.99. The van der Waals surface area contributed by atoms with Crippen LogP contribution in [-0.4, -0.2) is 47.2 Å². The molecular weight excluding hydrogens is 252 g/mol. The zero-order valence-electron chi connectivity index (χ0n) is 10.4. The van der Waals surface area contributed by atoms with Gasteiger partial charge < -0.3 is 19.7 Å². The van der Waals surface area contributed by atoms with Gasteiger partial charge in [0.05, 0.1) is 6.10 Å². The highest BCUT2D eigenvalue weighted by Crippen LogP contribution is 2.34. The zero-order valence-corrected chi connectivity index (χ0v) is 11.2. The van der Waals surface area contributed by atoms with Gasteiger partial charge in [0.25, 0.3) is 0 Å². The van der Waals surface area contributed by atoms with Crippen LogP contribution < -0.4 is 0 Å². The van der Waals surface area contributed by atoms with Gasteiger partial charge >= 0.3 is 0 Å². The number of methoxy groups -OCH3 is 1. The lowest BCUT2D eigenvalue weighted by Gasteiger charge is -2.40. The van der Waals surface area contributed by atoms with E-state index in [9.17, 15) is 10.2 Å². The average molecular weight is 270 g/mol. The molecule has 1 fully saturated rings. The fraction of sp³-hybridized carbons (Fsp3) is 0.538. The third-order valence-electron chi connectivity index (χ3n) is 3.05. The van der Waals surface area contributed by atoms with Gasteiger partial charge in [-0.05, 0) is 19.1 Å². The monoisotopic (exact) mass is 270 g/mol. The van der Waals surface area contributed by atoms with E-state index in [4.69, 9.17) is 9.47 Å². The summed E-state index contributed by atoms with van der Waals surface area (Å²) in [6.45, 7) is 1.75. The maximum absolute atomic E-state index is 9.99.